The summed E-state index contributed by atoms with van der Waals surface area (Å²) in [7, 11) is 0. The molecule has 1 saturated heterocycles. The average molecular weight is 240 g/mol. The van der Waals surface area contributed by atoms with Crippen molar-refractivity contribution < 1.29 is 0 Å². The minimum absolute atomic E-state index is 0.687. The molecule has 2 nitrogen and oxygen atoms in total. The van der Waals surface area contributed by atoms with E-state index in [1.165, 1.54) is 45.2 Å². The predicted molar refractivity (Wildman–Crippen MR) is 76.4 cm³/mol. The molecule has 1 aliphatic rings. The van der Waals surface area contributed by atoms with Crippen LogP contribution in [0.4, 0.5) is 0 Å². The Labute approximate surface area is 108 Å². The van der Waals surface area contributed by atoms with E-state index in [1.54, 1.807) is 0 Å². The van der Waals surface area contributed by atoms with Crippen LogP contribution in [0.3, 0.4) is 0 Å². The molecule has 1 fully saturated rings. The van der Waals surface area contributed by atoms with E-state index in [4.69, 9.17) is 0 Å². The fourth-order valence-electron chi connectivity index (χ4n) is 2.83. The van der Waals surface area contributed by atoms with Gasteiger partial charge in [-0.2, -0.15) is 0 Å². The molecule has 2 heteroatoms. The third kappa shape index (κ3) is 5.39. The molecule has 0 aromatic heterocycles. The van der Waals surface area contributed by atoms with E-state index in [1.807, 2.05) is 0 Å². The molecule has 1 aliphatic heterocycles. The Balaban J connectivity index is 2.13. The topological polar surface area (TPSA) is 15.3 Å². The smallest absolute Gasteiger partial charge is 0.00925 e. The van der Waals surface area contributed by atoms with Crippen molar-refractivity contribution in [1.29, 1.82) is 0 Å². The zero-order valence-electron chi connectivity index (χ0n) is 12.3. The summed E-state index contributed by atoms with van der Waals surface area (Å²) in [5.74, 6) is 0.888. The lowest BCUT2D eigenvalue weighted by Crippen LogP contribution is -2.43. The molecule has 3 unspecified atom stereocenters. The van der Waals surface area contributed by atoms with Crippen LogP contribution in [0, 0.1) is 5.92 Å². The van der Waals surface area contributed by atoms with Crippen LogP contribution in [0.5, 0.6) is 0 Å². The zero-order chi connectivity index (χ0) is 12.7. The number of nitrogens with one attached hydrogen (secondary N) is 1. The molecule has 0 aromatic carbocycles. The predicted octanol–water partition coefficient (Wildman–Crippen LogP) is 3.28. The second-order valence-corrected chi connectivity index (χ2v) is 5.89. The third-order valence-electron chi connectivity index (χ3n) is 4.33. The summed E-state index contributed by atoms with van der Waals surface area (Å²) in [6.07, 6.45) is 6.72. The Hall–Kier alpha value is -0.0800. The first-order valence-corrected chi connectivity index (χ1v) is 7.62. The van der Waals surface area contributed by atoms with Crippen LogP contribution in [-0.4, -0.2) is 36.6 Å². The molecular formula is C15H32N2. The number of hydrogen-bond donors (Lipinski definition) is 1. The van der Waals surface area contributed by atoms with Gasteiger partial charge in [0, 0.05) is 12.1 Å². The lowest BCUT2D eigenvalue weighted by atomic mass is 9.92. The van der Waals surface area contributed by atoms with Crippen LogP contribution in [0.15, 0.2) is 0 Å². The molecule has 1 rings (SSSR count). The van der Waals surface area contributed by atoms with Crippen molar-refractivity contribution in [3.8, 4) is 0 Å². The van der Waals surface area contributed by atoms with Gasteiger partial charge < -0.3 is 10.2 Å². The summed E-state index contributed by atoms with van der Waals surface area (Å²) in [5.41, 5.74) is 0. The molecule has 1 N–H and O–H groups in total. The lowest BCUT2D eigenvalue weighted by molar-refractivity contribution is 0.111. The molecular weight excluding hydrogens is 208 g/mol. The van der Waals surface area contributed by atoms with Gasteiger partial charge in [-0.15, -0.1) is 0 Å². The number of piperidine rings is 1. The van der Waals surface area contributed by atoms with Gasteiger partial charge in [0.25, 0.3) is 0 Å². The molecule has 102 valence electrons. The minimum atomic E-state index is 0.687. The SMILES string of the molecule is CCCNC(C)CCCN1CCCC(C)C1C. The number of hydrogen-bond acceptors (Lipinski definition) is 2. The highest BCUT2D eigenvalue weighted by Gasteiger charge is 2.23. The maximum absolute atomic E-state index is 3.57. The van der Waals surface area contributed by atoms with Gasteiger partial charge in [0.05, 0.1) is 0 Å². The van der Waals surface area contributed by atoms with Gasteiger partial charge in [0.1, 0.15) is 0 Å². The molecule has 0 bridgehead atoms. The van der Waals surface area contributed by atoms with Crippen molar-refractivity contribution >= 4 is 0 Å². The second kappa shape index (κ2) is 8.10. The highest BCUT2D eigenvalue weighted by Crippen LogP contribution is 2.22. The van der Waals surface area contributed by atoms with Crippen molar-refractivity contribution in [3.05, 3.63) is 0 Å². The molecule has 17 heavy (non-hydrogen) atoms. The fourth-order valence-corrected chi connectivity index (χ4v) is 2.83. The maximum atomic E-state index is 3.57. The molecule has 0 spiro atoms. The molecule has 0 saturated carbocycles. The van der Waals surface area contributed by atoms with Crippen LogP contribution in [0.25, 0.3) is 0 Å². The number of rotatable bonds is 7. The van der Waals surface area contributed by atoms with Gasteiger partial charge >= 0.3 is 0 Å². The Morgan fingerprint density at radius 2 is 2.12 bits per heavy atom. The fraction of sp³-hybridized carbons (Fsp3) is 1.00. The highest BCUT2D eigenvalue weighted by atomic mass is 15.2. The normalized spacial score (nSPS) is 28.2. The number of likely N-dealkylation sites (tertiary alicyclic amines) is 1. The van der Waals surface area contributed by atoms with Gasteiger partial charge in [-0.3, -0.25) is 0 Å². The summed E-state index contributed by atoms with van der Waals surface area (Å²) in [6.45, 7) is 13.1. The van der Waals surface area contributed by atoms with Crippen LogP contribution >= 0.6 is 0 Å². The maximum Gasteiger partial charge on any atom is 0.00925 e. The first-order valence-electron chi connectivity index (χ1n) is 7.62. The van der Waals surface area contributed by atoms with Crippen LogP contribution < -0.4 is 5.32 Å². The van der Waals surface area contributed by atoms with E-state index in [0.717, 1.165) is 18.5 Å². The summed E-state index contributed by atoms with van der Waals surface area (Å²) < 4.78 is 0. The van der Waals surface area contributed by atoms with Crippen molar-refractivity contribution in [2.24, 2.45) is 5.92 Å². The van der Waals surface area contributed by atoms with Crippen molar-refractivity contribution in [1.82, 2.24) is 10.2 Å². The Bertz CT molecular complexity index is 193. The molecule has 0 amide bonds. The standard InChI is InChI=1S/C15H32N2/c1-5-10-16-14(3)9-7-12-17-11-6-8-13(2)15(17)4/h13-16H,5-12H2,1-4H3. The molecule has 3 atom stereocenters. The Kier molecular flexibility index (Phi) is 7.14. The summed E-state index contributed by atoms with van der Waals surface area (Å²) in [6, 6.07) is 1.48. The van der Waals surface area contributed by atoms with Gasteiger partial charge in [-0.25, -0.2) is 0 Å². The zero-order valence-corrected chi connectivity index (χ0v) is 12.3. The van der Waals surface area contributed by atoms with Crippen LogP contribution in [0.2, 0.25) is 0 Å². The van der Waals surface area contributed by atoms with E-state index in [2.05, 4.69) is 37.9 Å². The van der Waals surface area contributed by atoms with Crippen molar-refractivity contribution in [2.45, 2.75) is 71.9 Å². The van der Waals surface area contributed by atoms with E-state index >= 15 is 0 Å². The molecule has 1 heterocycles. The van der Waals surface area contributed by atoms with Gasteiger partial charge in [0.2, 0.25) is 0 Å². The van der Waals surface area contributed by atoms with Gasteiger partial charge in [-0.1, -0.05) is 13.8 Å². The van der Waals surface area contributed by atoms with E-state index in [9.17, 15) is 0 Å². The minimum Gasteiger partial charge on any atom is -0.314 e. The quantitative estimate of drug-likeness (QED) is 0.735. The average Bonchev–Trinajstić information content (AvgIpc) is 2.32. The first-order chi connectivity index (χ1) is 8.15. The largest absolute Gasteiger partial charge is 0.314 e. The second-order valence-electron chi connectivity index (χ2n) is 5.89. The Morgan fingerprint density at radius 1 is 1.35 bits per heavy atom. The third-order valence-corrected chi connectivity index (χ3v) is 4.33. The lowest BCUT2D eigenvalue weighted by Gasteiger charge is -2.38. The van der Waals surface area contributed by atoms with E-state index < -0.39 is 0 Å². The van der Waals surface area contributed by atoms with E-state index in [-0.39, 0.29) is 0 Å². The summed E-state index contributed by atoms with van der Waals surface area (Å²) in [4.78, 5) is 2.70. The van der Waals surface area contributed by atoms with Gasteiger partial charge in [-0.05, 0) is 71.5 Å². The van der Waals surface area contributed by atoms with Crippen LogP contribution in [0.1, 0.15) is 59.8 Å². The summed E-state index contributed by atoms with van der Waals surface area (Å²) in [5, 5.41) is 3.57. The molecule has 0 aromatic rings. The highest BCUT2D eigenvalue weighted by molar-refractivity contribution is 4.78. The van der Waals surface area contributed by atoms with Crippen molar-refractivity contribution in [2.75, 3.05) is 19.6 Å². The van der Waals surface area contributed by atoms with E-state index in [0.29, 0.717) is 6.04 Å². The van der Waals surface area contributed by atoms with Gasteiger partial charge in [0.15, 0.2) is 0 Å². The van der Waals surface area contributed by atoms with Crippen molar-refractivity contribution in [3.63, 3.8) is 0 Å². The number of nitrogens with zero attached hydrogens (tertiary/aromatic N) is 1. The molecule has 0 radical (unpaired) electrons. The first kappa shape index (κ1) is 15.0. The Morgan fingerprint density at radius 3 is 2.82 bits per heavy atom. The van der Waals surface area contributed by atoms with Crippen LogP contribution in [-0.2, 0) is 0 Å². The molecule has 0 aliphatic carbocycles. The monoisotopic (exact) mass is 240 g/mol. The summed E-state index contributed by atoms with van der Waals surface area (Å²) >= 11 is 0.